The molecule has 0 aliphatic rings. The number of methoxy groups -OCH3 is 1. The van der Waals surface area contributed by atoms with Crippen LogP contribution in [-0.4, -0.2) is 25.7 Å². The van der Waals surface area contributed by atoms with E-state index in [2.05, 4.69) is 43.4 Å². The highest BCUT2D eigenvalue weighted by molar-refractivity contribution is 5.81. The summed E-state index contributed by atoms with van der Waals surface area (Å²) in [5.41, 5.74) is 2.65. The minimum atomic E-state index is -0.498. The fraction of sp³-hybridized carbons (Fsp3) is 0.435. The molecule has 4 nitrogen and oxygen atoms in total. The third kappa shape index (κ3) is 6.63. The van der Waals surface area contributed by atoms with Crippen LogP contribution in [0, 0.1) is 0 Å². The summed E-state index contributed by atoms with van der Waals surface area (Å²) in [4.78, 5) is 12.4. The lowest BCUT2D eigenvalue weighted by atomic mass is 10.0. The molecular weight excluding hydrogens is 338 g/mol. The van der Waals surface area contributed by atoms with Gasteiger partial charge >= 0.3 is 0 Å². The Balaban J connectivity index is 1.77. The molecule has 2 aromatic rings. The van der Waals surface area contributed by atoms with Crippen molar-refractivity contribution >= 4 is 5.91 Å². The van der Waals surface area contributed by atoms with Gasteiger partial charge in [0.2, 0.25) is 0 Å². The van der Waals surface area contributed by atoms with Crippen LogP contribution >= 0.6 is 0 Å². The number of benzene rings is 2. The molecule has 1 amide bonds. The average Bonchev–Trinajstić information content (AvgIpc) is 2.69. The number of carbonyl (C=O) groups excluding carboxylic acids is 1. The molecule has 0 spiro atoms. The molecule has 146 valence electrons. The van der Waals surface area contributed by atoms with Crippen molar-refractivity contribution in [3.8, 4) is 11.5 Å². The Bertz CT molecular complexity index is 710. The molecule has 27 heavy (non-hydrogen) atoms. The second-order valence-electron chi connectivity index (χ2n) is 6.98. The minimum absolute atomic E-state index is 0.0736. The first-order valence-corrected chi connectivity index (χ1v) is 9.70. The molecule has 0 bridgehead atoms. The van der Waals surface area contributed by atoms with Crippen molar-refractivity contribution in [1.29, 1.82) is 0 Å². The molecule has 0 fully saturated rings. The van der Waals surface area contributed by atoms with Gasteiger partial charge in [-0.25, -0.2) is 0 Å². The van der Waals surface area contributed by atoms with Crippen LogP contribution < -0.4 is 14.8 Å². The van der Waals surface area contributed by atoms with E-state index in [9.17, 15) is 4.79 Å². The van der Waals surface area contributed by atoms with Crippen LogP contribution in [0.25, 0.3) is 0 Å². The first-order valence-electron chi connectivity index (χ1n) is 9.70. The molecule has 0 unspecified atom stereocenters. The SMILES string of the molecule is CC[C@@H](Oc1cccc(OC)c1)C(=O)NCCCc1ccc(C(C)C)cc1. The third-order valence-corrected chi connectivity index (χ3v) is 4.57. The van der Waals surface area contributed by atoms with Gasteiger partial charge in [-0.15, -0.1) is 0 Å². The van der Waals surface area contributed by atoms with E-state index >= 15 is 0 Å². The van der Waals surface area contributed by atoms with E-state index in [0.29, 0.717) is 30.4 Å². The van der Waals surface area contributed by atoms with Crippen LogP contribution in [0.4, 0.5) is 0 Å². The van der Waals surface area contributed by atoms with Gasteiger partial charge in [0, 0.05) is 12.6 Å². The predicted molar refractivity (Wildman–Crippen MR) is 110 cm³/mol. The monoisotopic (exact) mass is 369 g/mol. The average molecular weight is 370 g/mol. The minimum Gasteiger partial charge on any atom is -0.497 e. The highest BCUT2D eigenvalue weighted by Gasteiger charge is 2.18. The zero-order valence-corrected chi connectivity index (χ0v) is 16.8. The van der Waals surface area contributed by atoms with E-state index in [1.165, 1.54) is 11.1 Å². The zero-order valence-electron chi connectivity index (χ0n) is 16.8. The molecule has 2 aromatic carbocycles. The molecule has 0 saturated heterocycles. The Labute approximate surface area is 162 Å². The fourth-order valence-corrected chi connectivity index (χ4v) is 2.85. The summed E-state index contributed by atoms with van der Waals surface area (Å²) in [5.74, 6) is 1.83. The number of ether oxygens (including phenoxy) is 2. The van der Waals surface area contributed by atoms with E-state index in [-0.39, 0.29) is 5.91 Å². The van der Waals surface area contributed by atoms with Crippen molar-refractivity contribution in [2.45, 2.75) is 52.1 Å². The summed E-state index contributed by atoms with van der Waals surface area (Å²) >= 11 is 0. The number of rotatable bonds is 10. The maximum absolute atomic E-state index is 12.4. The fourth-order valence-electron chi connectivity index (χ4n) is 2.85. The van der Waals surface area contributed by atoms with Crippen LogP contribution in [0.15, 0.2) is 48.5 Å². The summed E-state index contributed by atoms with van der Waals surface area (Å²) in [6.45, 7) is 6.98. The normalized spacial score (nSPS) is 11.9. The molecule has 0 heterocycles. The summed E-state index contributed by atoms with van der Waals surface area (Å²) < 4.78 is 11.0. The largest absolute Gasteiger partial charge is 0.497 e. The van der Waals surface area contributed by atoms with Gasteiger partial charge in [0.15, 0.2) is 6.10 Å². The highest BCUT2D eigenvalue weighted by Crippen LogP contribution is 2.20. The lowest BCUT2D eigenvalue weighted by Crippen LogP contribution is -2.38. The van der Waals surface area contributed by atoms with Crippen molar-refractivity contribution in [2.75, 3.05) is 13.7 Å². The molecule has 2 rings (SSSR count). The van der Waals surface area contributed by atoms with E-state index in [4.69, 9.17) is 9.47 Å². The molecule has 4 heteroatoms. The van der Waals surface area contributed by atoms with Gasteiger partial charge in [-0.3, -0.25) is 4.79 Å². The van der Waals surface area contributed by atoms with E-state index in [1.807, 2.05) is 25.1 Å². The maximum atomic E-state index is 12.4. The Morgan fingerprint density at radius 2 is 1.78 bits per heavy atom. The Hall–Kier alpha value is -2.49. The van der Waals surface area contributed by atoms with Gasteiger partial charge in [0.05, 0.1) is 7.11 Å². The summed E-state index contributed by atoms with van der Waals surface area (Å²) in [5, 5.41) is 2.99. The number of nitrogens with one attached hydrogen (secondary N) is 1. The third-order valence-electron chi connectivity index (χ3n) is 4.57. The van der Waals surface area contributed by atoms with Gasteiger partial charge in [0.1, 0.15) is 11.5 Å². The number of hydrogen-bond donors (Lipinski definition) is 1. The smallest absolute Gasteiger partial charge is 0.261 e. The van der Waals surface area contributed by atoms with Crippen molar-refractivity contribution in [2.24, 2.45) is 0 Å². The molecule has 1 N–H and O–H groups in total. The predicted octanol–water partition coefficient (Wildman–Crippen LogP) is 4.73. The first kappa shape index (κ1) is 20.8. The number of amides is 1. The van der Waals surface area contributed by atoms with E-state index in [1.54, 1.807) is 13.2 Å². The number of aryl methyl sites for hydroxylation is 1. The van der Waals surface area contributed by atoms with E-state index in [0.717, 1.165) is 12.8 Å². The zero-order chi connectivity index (χ0) is 19.6. The van der Waals surface area contributed by atoms with Gasteiger partial charge in [-0.05, 0) is 48.4 Å². The maximum Gasteiger partial charge on any atom is 0.261 e. The highest BCUT2D eigenvalue weighted by atomic mass is 16.5. The van der Waals surface area contributed by atoms with Gasteiger partial charge in [-0.2, -0.15) is 0 Å². The van der Waals surface area contributed by atoms with Crippen molar-refractivity contribution in [1.82, 2.24) is 5.32 Å². The lowest BCUT2D eigenvalue weighted by molar-refractivity contribution is -0.128. The molecule has 0 radical (unpaired) electrons. The van der Waals surface area contributed by atoms with Gasteiger partial charge in [0.25, 0.3) is 5.91 Å². The molecule has 1 atom stereocenters. The topological polar surface area (TPSA) is 47.6 Å². The second kappa shape index (κ2) is 10.6. The molecule has 0 saturated carbocycles. The quantitative estimate of drug-likeness (QED) is 0.616. The summed E-state index contributed by atoms with van der Waals surface area (Å²) in [6, 6.07) is 16.1. The van der Waals surface area contributed by atoms with Crippen LogP contribution in [-0.2, 0) is 11.2 Å². The summed E-state index contributed by atoms with van der Waals surface area (Å²) in [7, 11) is 1.61. The number of carbonyl (C=O) groups is 1. The van der Waals surface area contributed by atoms with Gasteiger partial charge in [-0.1, -0.05) is 51.1 Å². The Morgan fingerprint density at radius 1 is 1.07 bits per heavy atom. The Morgan fingerprint density at radius 3 is 2.41 bits per heavy atom. The molecule has 0 aliphatic carbocycles. The van der Waals surface area contributed by atoms with Crippen molar-refractivity contribution in [3.05, 3.63) is 59.7 Å². The van der Waals surface area contributed by atoms with E-state index < -0.39 is 6.10 Å². The standard InChI is InChI=1S/C23H31NO3/c1-5-22(27-21-10-6-9-20(16-21)26-4)23(25)24-15-7-8-18-11-13-19(14-12-18)17(2)3/h6,9-14,16-17,22H,5,7-8,15H2,1-4H3,(H,24,25)/t22-/m1/s1. The van der Waals surface area contributed by atoms with Crippen LogP contribution in [0.1, 0.15) is 50.7 Å². The Kier molecular flexibility index (Phi) is 8.18. The first-order chi connectivity index (χ1) is 13.0. The van der Waals surface area contributed by atoms with Crippen LogP contribution in [0.2, 0.25) is 0 Å². The molecule has 0 aromatic heterocycles. The second-order valence-corrected chi connectivity index (χ2v) is 6.98. The molecular formula is C23H31NO3. The van der Waals surface area contributed by atoms with Crippen LogP contribution in [0.5, 0.6) is 11.5 Å². The number of hydrogen-bond acceptors (Lipinski definition) is 3. The lowest BCUT2D eigenvalue weighted by Gasteiger charge is -2.17. The molecule has 0 aliphatic heterocycles. The van der Waals surface area contributed by atoms with Crippen molar-refractivity contribution < 1.29 is 14.3 Å². The van der Waals surface area contributed by atoms with Crippen molar-refractivity contribution in [3.63, 3.8) is 0 Å². The van der Waals surface area contributed by atoms with Gasteiger partial charge < -0.3 is 14.8 Å². The summed E-state index contributed by atoms with van der Waals surface area (Å²) in [6.07, 6.45) is 1.97. The van der Waals surface area contributed by atoms with Crippen LogP contribution in [0.3, 0.4) is 0 Å².